The number of H-pyrrole nitrogens is 1. The van der Waals surface area contributed by atoms with E-state index in [0.717, 1.165) is 40.8 Å². The van der Waals surface area contributed by atoms with Gasteiger partial charge in [-0.05, 0) is 55.9 Å². The zero-order chi connectivity index (χ0) is 19.2. The van der Waals surface area contributed by atoms with Gasteiger partial charge in [-0.25, -0.2) is 18.4 Å². The van der Waals surface area contributed by atoms with Crippen molar-refractivity contribution in [3.05, 3.63) is 47.9 Å². The Morgan fingerprint density at radius 3 is 2.74 bits per heavy atom. The summed E-state index contributed by atoms with van der Waals surface area (Å²) in [6.45, 7) is 3.79. The number of aromatic nitrogens is 3. The van der Waals surface area contributed by atoms with Crippen LogP contribution in [0.1, 0.15) is 24.0 Å². The SMILES string of the molecule is Cc1ccc(C)c(S(=O)(=O)C[C@H]2C[C@@H](N(C)c3ncnc4[nH]ccc34)C2)c1. The first kappa shape index (κ1) is 18.0. The maximum absolute atomic E-state index is 12.9. The molecular formula is C20H24N4O2S. The Morgan fingerprint density at radius 2 is 1.96 bits per heavy atom. The van der Waals surface area contributed by atoms with Crippen LogP contribution >= 0.6 is 0 Å². The summed E-state index contributed by atoms with van der Waals surface area (Å²) in [5.41, 5.74) is 2.62. The van der Waals surface area contributed by atoms with E-state index in [1.807, 2.05) is 45.3 Å². The number of rotatable bonds is 5. The molecule has 1 aliphatic rings. The van der Waals surface area contributed by atoms with E-state index in [2.05, 4.69) is 19.9 Å². The topological polar surface area (TPSA) is 79.0 Å². The summed E-state index contributed by atoms with van der Waals surface area (Å²) in [6, 6.07) is 7.90. The average molecular weight is 385 g/mol. The number of hydrogen-bond acceptors (Lipinski definition) is 5. The molecule has 0 aliphatic heterocycles. The predicted molar refractivity (Wildman–Crippen MR) is 107 cm³/mol. The Hall–Kier alpha value is -2.41. The number of aryl methyl sites for hydroxylation is 2. The van der Waals surface area contributed by atoms with Crippen LogP contribution in [-0.4, -0.2) is 42.2 Å². The number of nitrogens with zero attached hydrogens (tertiary/aromatic N) is 3. The molecule has 3 aromatic rings. The summed E-state index contributed by atoms with van der Waals surface area (Å²) in [6.07, 6.45) is 5.13. The molecule has 0 saturated heterocycles. The monoisotopic (exact) mass is 384 g/mol. The molecule has 0 bridgehead atoms. The molecule has 0 amide bonds. The molecular weight excluding hydrogens is 360 g/mol. The van der Waals surface area contributed by atoms with Gasteiger partial charge in [0.05, 0.1) is 16.0 Å². The molecule has 4 rings (SSSR count). The van der Waals surface area contributed by atoms with Crippen molar-refractivity contribution in [1.29, 1.82) is 0 Å². The number of sulfone groups is 1. The largest absolute Gasteiger partial charge is 0.356 e. The van der Waals surface area contributed by atoms with Crippen LogP contribution in [0.15, 0.2) is 41.7 Å². The highest BCUT2D eigenvalue weighted by Crippen LogP contribution is 2.37. The third-order valence-electron chi connectivity index (χ3n) is 5.56. The molecule has 6 nitrogen and oxygen atoms in total. The number of aromatic amines is 1. The molecule has 0 spiro atoms. The van der Waals surface area contributed by atoms with E-state index in [1.165, 1.54) is 0 Å². The van der Waals surface area contributed by atoms with E-state index in [0.29, 0.717) is 10.9 Å². The van der Waals surface area contributed by atoms with E-state index >= 15 is 0 Å². The van der Waals surface area contributed by atoms with Gasteiger partial charge in [0.2, 0.25) is 0 Å². The molecule has 0 atom stereocenters. The fraction of sp³-hybridized carbons (Fsp3) is 0.400. The van der Waals surface area contributed by atoms with E-state index in [4.69, 9.17) is 0 Å². The van der Waals surface area contributed by atoms with Crippen LogP contribution < -0.4 is 4.90 Å². The summed E-state index contributed by atoms with van der Waals surface area (Å²) in [5, 5.41) is 0.992. The molecule has 1 saturated carbocycles. The molecule has 142 valence electrons. The average Bonchev–Trinajstić information content (AvgIpc) is 3.08. The highest BCUT2D eigenvalue weighted by molar-refractivity contribution is 7.91. The summed E-state index contributed by atoms with van der Waals surface area (Å²) in [5.74, 6) is 1.29. The van der Waals surface area contributed by atoms with E-state index < -0.39 is 9.84 Å². The number of hydrogen-bond donors (Lipinski definition) is 1. The van der Waals surface area contributed by atoms with Crippen molar-refractivity contribution in [2.75, 3.05) is 17.7 Å². The Labute approximate surface area is 159 Å². The first-order valence-electron chi connectivity index (χ1n) is 9.16. The van der Waals surface area contributed by atoms with Crippen LogP contribution in [-0.2, 0) is 9.84 Å². The van der Waals surface area contributed by atoms with Crippen LogP contribution in [0.3, 0.4) is 0 Å². The van der Waals surface area contributed by atoms with Crippen molar-refractivity contribution in [3.63, 3.8) is 0 Å². The summed E-state index contributed by atoms with van der Waals surface area (Å²) >= 11 is 0. The third kappa shape index (κ3) is 3.32. The second-order valence-electron chi connectivity index (χ2n) is 7.59. The highest BCUT2D eigenvalue weighted by Gasteiger charge is 2.36. The van der Waals surface area contributed by atoms with Gasteiger partial charge in [0.1, 0.15) is 17.8 Å². The molecule has 27 heavy (non-hydrogen) atoms. The Morgan fingerprint density at radius 1 is 1.19 bits per heavy atom. The van der Waals surface area contributed by atoms with Crippen LogP contribution in [0.25, 0.3) is 11.0 Å². The molecule has 2 aromatic heterocycles. The third-order valence-corrected chi connectivity index (χ3v) is 7.58. The molecule has 7 heteroatoms. The predicted octanol–water partition coefficient (Wildman–Crippen LogP) is 3.26. The molecule has 1 N–H and O–H groups in total. The first-order valence-corrected chi connectivity index (χ1v) is 10.8. The number of benzene rings is 1. The van der Waals surface area contributed by atoms with Crippen LogP contribution in [0.4, 0.5) is 5.82 Å². The number of fused-ring (bicyclic) bond motifs is 1. The minimum atomic E-state index is -3.26. The van der Waals surface area contributed by atoms with Crippen LogP contribution in [0.2, 0.25) is 0 Å². The molecule has 1 aliphatic carbocycles. The Bertz CT molecular complexity index is 1080. The fourth-order valence-electron chi connectivity index (χ4n) is 3.91. The Kier molecular flexibility index (Phi) is 4.42. The zero-order valence-electron chi connectivity index (χ0n) is 15.8. The summed E-state index contributed by atoms with van der Waals surface area (Å²) in [4.78, 5) is 14.4. The number of anilines is 1. The molecule has 1 aromatic carbocycles. The maximum Gasteiger partial charge on any atom is 0.178 e. The van der Waals surface area contributed by atoms with Crippen LogP contribution in [0.5, 0.6) is 0 Å². The van der Waals surface area contributed by atoms with Gasteiger partial charge in [0.15, 0.2) is 9.84 Å². The second kappa shape index (κ2) is 6.64. The van der Waals surface area contributed by atoms with Crippen molar-refractivity contribution in [1.82, 2.24) is 15.0 Å². The van der Waals surface area contributed by atoms with Gasteiger partial charge < -0.3 is 9.88 Å². The highest BCUT2D eigenvalue weighted by atomic mass is 32.2. The van der Waals surface area contributed by atoms with Crippen molar-refractivity contribution in [2.24, 2.45) is 5.92 Å². The minimum Gasteiger partial charge on any atom is -0.356 e. The van der Waals surface area contributed by atoms with Crippen molar-refractivity contribution >= 4 is 26.7 Å². The van der Waals surface area contributed by atoms with E-state index in [9.17, 15) is 8.42 Å². The van der Waals surface area contributed by atoms with Crippen molar-refractivity contribution in [3.8, 4) is 0 Å². The van der Waals surface area contributed by atoms with Crippen LogP contribution in [0, 0.1) is 19.8 Å². The van der Waals surface area contributed by atoms with Gasteiger partial charge in [-0.2, -0.15) is 0 Å². The quantitative estimate of drug-likeness (QED) is 0.730. The van der Waals surface area contributed by atoms with E-state index in [-0.39, 0.29) is 11.7 Å². The smallest absolute Gasteiger partial charge is 0.178 e. The lowest BCUT2D eigenvalue weighted by atomic mass is 9.81. The molecule has 0 radical (unpaired) electrons. The first-order chi connectivity index (χ1) is 12.8. The lowest BCUT2D eigenvalue weighted by Gasteiger charge is -2.41. The summed E-state index contributed by atoms with van der Waals surface area (Å²) in [7, 11) is -1.24. The number of nitrogens with one attached hydrogen (secondary N) is 1. The normalized spacial score (nSPS) is 19.8. The van der Waals surface area contributed by atoms with Gasteiger partial charge in [-0.1, -0.05) is 12.1 Å². The van der Waals surface area contributed by atoms with Crippen molar-refractivity contribution < 1.29 is 8.42 Å². The van der Waals surface area contributed by atoms with Gasteiger partial charge in [0.25, 0.3) is 0 Å². The van der Waals surface area contributed by atoms with Crippen molar-refractivity contribution in [2.45, 2.75) is 37.6 Å². The standard InChI is InChI=1S/C20H24N4O2S/c1-13-4-5-14(2)18(8-13)27(25,26)11-15-9-16(10-15)24(3)20-17-6-7-21-19(17)22-12-23-20/h4-8,12,15-16H,9-11H2,1-3H3,(H,21,22,23)/t15-,16+. The fourth-order valence-corrected chi connectivity index (χ4v) is 5.90. The van der Waals surface area contributed by atoms with Gasteiger partial charge in [-0.3, -0.25) is 0 Å². The molecule has 1 fully saturated rings. The lowest BCUT2D eigenvalue weighted by molar-refractivity contribution is 0.282. The summed E-state index contributed by atoms with van der Waals surface area (Å²) < 4.78 is 25.7. The van der Waals surface area contributed by atoms with E-state index in [1.54, 1.807) is 12.4 Å². The molecule has 0 unspecified atom stereocenters. The second-order valence-corrected chi connectivity index (χ2v) is 9.59. The Balaban J connectivity index is 1.45. The van der Waals surface area contributed by atoms with Gasteiger partial charge in [0, 0.05) is 19.3 Å². The maximum atomic E-state index is 12.9. The minimum absolute atomic E-state index is 0.186. The van der Waals surface area contributed by atoms with Gasteiger partial charge in [-0.15, -0.1) is 0 Å². The lowest BCUT2D eigenvalue weighted by Crippen LogP contribution is -2.45. The molecule has 2 heterocycles. The zero-order valence-corrected chi connectivity index (χ0v) is 16.6. The van der Waals surface area contributed by atoms with Gasteiger partial charge >= 0.3 is 0 Å².